The highest BCUT2D eigenvalue weighted by atomic mass is 19.4. The summed E-state index contributed by atoms with van der Waals surface area (Å²) in [5.74, 6) is -1.50. The number of aliphatic carboxylic acids is 1. The minimum Gasteiger partial charge on any atom is -0.480 e. The Labute approximate surface area is 184 Å². The fraction of sp³-hybridized carbons (Fsp3) is 0.150. The summed E-state index contributed by atoms with van der Waals surface area (Å²) in [6.45, 7) is -0.362. The molecule has 3 rings (SSSR count). The van der Waals surface area contributed by atoms with Gasteiger partial charge >= 0.3 is 12.3 Å². The first-order valence-corrected chi connectivity index (χ1v) is 9.27. The SMILES string of the molecule is O=C(O)CNc1nc(NCc2cccc([N+](=O)[O-])c2)cc(-c2cccc(OC(F)(F)F)c2)n1. The average molecular weight is 463 g/mol. The van der Waals surface area contributed by atoms with Gasteiger partial charge in [0.25, 0.3) is 5.69 Å². The van der Waals surface area contributed by atoms with Gasteiger partial charge in [-0.3, -0.25) is 14.9 Å². The number of rotatable bonds is 9. The molecule has 10 nitrogen and oxygen atoms in total. The molecule has 0 saturated carbocycles. The lowest BCUT2D eigenvalue weighted by atomic mass is 10.1. The molecule has 172 valence electrons. The van der Waals surface area contributed by atoms with Gasteiger partial charge in [-0.2, -0.15) is 4.98 Å². The molecule has 0 atom stereocenters. The number of carboxylic acid groups (broad SMARTS) is 1. The van der Waals surface area contributed by atoms with Crippen LogP contribution in [-0.2, 0) is 11.3 Å². The Hall–Kier alpha value is -4.42. The van der Waals surface area contributed by atoms with Crippen LogP contribution < -0.4 is 15.4 Å². The van der Waals surface area contributed by atoms with Crippen LogP contribution in [0.5, 0.6) is 5.75 Å². The molecular formula is C20H16F3N5O5. The molecule has 0 saturated heterocycles. The number of nitro benzene ring substituents is 1. The normalized spacial score (nSPS) is 11.0. The number of non-ortho nitro benzene ring substituents is 1. The highest BCUT2D eigenvalue weighted by molar-refractivity contribution is 5.72. The number of nitrogens with one attached hydrogen (secondary N) is 2. The molecule has 0 aliphatic rings. The Morgan fingerprint density at radius 3 is 2.55 bits per heavy atom. The van der Waals surface area contributed by atoms with Crippen LogP contribution in [0.25, 0.3) is 11.3 Å². The largest absolute Gasteiger partial charge is 0.573 e. The van der Waals surface area contributed by atoms with Gasteiger partial charge in [0.05, 0.1) is 10.6 Å². The first-order chi connectivity index (χ1) is 15.6. The van der Waals surface area contributed by atoms with Gasteiger partial charge in [-0.15, -0.1) is 13.2 Å². The van der Waals surface area contributed by atoms with Crippen molar-refractivity contribution in [1.29, 1.82) is 0 Å². The first-order valence-electron chi connectivity index (χ1n) is 9.27. The van der Waals surface area contributed by atoms with Gasteiger partial charge in [0, 0.05) is 30.3 Å². The summed E-state index contributed by atoms with van der Waals surface area (Å²) in [6.07, 6.45) is -4.87. The molecule has 13 heteroatoms. The lowest BCUT2D eigenvalue weighted by Gasteiger charge is -2.12. The number of hydrogen-bond donors (Lipinski definition) is 3. The molecule has 0 aliphatic carbocycles. The van der Waals surface area contributed by atoms with Gasteiger partial charge in [0.15, 0.2) is 0 Å². The van der Waals surface area contributed by atoms with E-state index in [0.29, 0.717) is 5.56 Å². The second-order valence-electron chi connectivity index (χ2n) is 6.57. The van der Waals surface area contributed by atoms with Crippen LogP contribution in [-0.4, -0.2) is 38.9 Å². The maximum Gasteiger partial charge on any atom is 0.573 e. The van der Waals surface area contributed by atoms with Crippen LogP contribution in [0, 0.1) is 10.1 Å². The predicted molar refractivity (Wildman–Crippen MR) is 111 cm³/mol. The molecule has 33 heavy (non-hydrogen) atoms. The van der Waals surface area contributed by atoms with E-state index in [4.69, 9.17) is 5.11 Å². The van der Waals surface area contributed by atoms with Gasteiger partial charge in [-0.25, -0.2) is 4.98 Å². The molecule has 0 radical (unpaired) electrons. The van der Waals surface area contributed by atoms with Crippen molar-refractivity contribution in [2.24, 2.45) is 0 Å². The summed E-state index contributed by atoms with van der Waals surface area (Å²) >= 11 is 0. The maximum absolute atomic E-state index is 12.6. The Morgan fingerprint density at radius 1 is 1.09 bits per heavy atom. The predicted octanol–water partition coefficient (Wildman–Crippen LogP) is 4.06. The topological polar surface area (TPSA) is 140 Å². The van der Waals surface area contributed by atoms with Crippen LogP contribution in [0.4, 0.5) is 30.6 Å². The second kappa shape index (κ2) is 9.80. The fourth-order valence-electron chi connectivity index (χ4n) is 2.74. The number of nitrogens with zero attached hydrogens (tertiary/aromatic N) is 3. The molecule has 3 aromatic rings. The molecule has 1 heterocycles. The number of halogens is 3. The van der Waals surface area contributed by atoms with Crippen molar-refractivity contribution in [1.82, 2.24) is 9.97 Å². The number of benzene rings is 2. The van der Waals surface area contributed by atoms with Crippen molar-refractivity contribution in [2.75, 3.05) is 17.2 Å². The Bertz CT molecular complexity index is 1170. The van der Waals surface area contributed by atoms with Gasteiger partial charge in [-0.1, -0.05) is 24.3 Å². The van der Waals surface area contributed by atoms with Gasteiger partial charge < -0.3 is 20.5 Å². The molecule has 2 aromatic carbocycles. The highest BCUT2D eigenvalue weighted by Gasteiger charge is 2.31. The molecule has 0 unspecified atom stereocenters. The molecule has 0 amide bonds. The summed E-state index contributed by atoms with van der Waals surface area (Å²) in [5.41, 5.74) is 0.927. The molecule has 0 fully saturated rings. The van der Waals surface area contributed by atoms with Gasteiger partial charge in [0.1, 0.15) is 18.1 Å². The van der Waals surface area contributed by atoms with Crippen LogP contribution in [0.1, 0.15) is 5.56 Å². The van der Waals surface area contributed by atoms with Gasteiger partial charge in [-0.05, 0) is 17.7 Å². The van der Waals surface area contributed by atoms with E-state index in [1.807, 2.05) is 0 Å². The number of carbonyl (C=O) groups is 1. The van der Waals surface area contributed by atoms with Crippen molar-refractivity contribution < 1.29 is 32.7 Å². The van der Waals surface area contributed by atoms with E-state index in [0.717, 1.165) is 12.1 Å². The number of nitro groups is 1. The van der Waals surface area contributed by atoms with Crippen LogP contribution in [0.15, 0.2) is 54.6 Å². The third-order valence-corrected chi connectivity index (χ3v) is 4.08. The summed E-state index contributed by atoms with van der Waals surface area (Å²) in [7, 11) is 0. The standard InChI is InChI=1S/C20H16F3N5O5/c21-20(22,23)33-15-6-2-4-13(8-15)16-9-17(27-19(26-16)25-11-18(29)30)24-10-12-3-1-5-14(7-12)28(31)32/h1-9H,10-11H2,(H,29,30)(H2,24,25,26,27). The quantitative estimate of drug-likeness (QED) is 0.317. The van der Waals surface area contributed by atoms with Crippen molar-refractivity contribution in [2.45, 2.75) is 12.9 Å². The smallest absolute Gasteiger partial charge is 0.480 e. The summed E-state index contributed by atoms with van der Waals surface area (Å²) < 4.78 is 41.6. The molecule has 0 bridgehead atoms. The number of hydrogen-bond acceptors (Lipinski definition) is 8. The van der Waals surface area contributed by atoms with E-state index < -0.39 is 29.5 Å². The lowest BCUT2D eigenvalue weighted by molar-refractivity contribution is -0.384. The zero-order chi connectivity index (χ0) is 24.0. The highest BCUT2D eigenvalue weighted by Crippen LogP contribution is 2.28. The Balaban J connectivity index is 1.89. The van der Waals surface area contributed by atoms with Crippen molar-refractivity contribution in [3.63, 3.8) is 0 Å². The number of carboxylic acids is 1. The molecule has 1 aromatic heterocycles. The number of aromatic nitrogens is 2. The van der Waals surface area contributed by atoms with Crippen molar-refractivity contribution >= 4 is 23.4 Å². The lowest BCUT2D eigenvalue weighted by Crippen LogP contribution is -2.17. The summed E-state index contributed by atoms with van der Waals surface area (Å²) in [6, 6.07) is 12.4. The van der Waals surface area contributed by atoms with E-state index in [9.17, 15) is 28.1 Å². The Morgan fingerprint density at radius 2 is 1.85 bits per heavy atom. The van der Waals surface area contributed by atoms with E-state index in [2.05, 4.69) is 25.3 Å². The molecular weight excluding hydrogens is 447 g/mol. The van der Waals surface area contributed by atoms with E-state index >= 15 is 0 Å². The Kier molecular flexibility index (Phi) is 6.91. The number of ether oxygens (including phenoxy) is 1. The van der Waals surface area contributed by atoms with Crippen molar-refractivity contribution in [3.05, 3.63) is 70.3 Å². The third-order valence-electron chi connectivity index (χ3n) is 4.08. The number of alkyl halides is 3. The van der Waals surface area contributed by atoms with Gasteiger partial charge in [0.2, 0.25) is 5.95 Å². The zero-order valence-electron chi connectivity index (χ0n) is 16.7. The van der Waals surface area contributed by atoms with Crippen LogP contribution >= 0.6 is 0 Å². The maximum atomic E-state index is 12.6. The monoisotopic (exact) mass is 463 g/mol. The minimum absolute atomic E-state index is 0.0846. The number of anilines is 2. The zero-order valence-corrected chi connectivity index (χ0v) is 16.7. The van der Waals surface area contributed by atoms with E-state index in [1.54, 1.807) is 6.07 Å². The van der Waals surface area contributed by atoms with Crippen LogP contribution in [0.2, 0.25) is 0 Å². The summed E-state index contributed by atoms with van der Waals surface area (Å²) in [5, 5.41) is 25.3. The molecule has 0 aliphatic heterocycles. The first kappa shape index (κ1) is 23.2. The van der Waals surface area contributed by atoms with Crippen molar-refractivity contribution in [3.8, 4) is 17.0 Å². The third kappa shape index (κ3) is 7.05. The minimum atomic E-state index is -4.87. The molecule has 3 N–H and O–H groups in total. The summed E-state index contributed by atoms with van der Waals surface area (Å²) in [4.78, 5) is 29.6. The molecule has 0 spiro atoms. The van der Waals surface area contributed by atoms with Crippen LogP contribution in [0.3, 0.4) is 0 Å². The fourth-order valence-corrected chi connectivity index (χ4v) is 2.74. The second-order valence-corrected chi connectivity index (χ2v) is 6.57. The van der Waals surface area contributed by atoms with E-state index in [-0.39, 0.29) is 35.3 Å². The average Bonchev–Trinajstić information content (AvgIpc) is 2.75. The van der Waals surface area contributed by atoms with E-state index in [1.165, 1.54) is 36.4 Å².